The summed E-state index contributed by atoms with van der Waals surface area (Å²) in [6, 6.07) is -0.160. The molecule has 0 bridgehead atoms. The highest BCUT2D eigenvalue weighted by molar-refractivity contribution is 5.76. The Morgan fingerprint density at radius 3 is 2.27 bits per heavy atom. The Labute approximate surface area is 137 Å². The zero-order chi connectivity index (χ0) is 17.0. The SMILES string of the molecule is CCCCCCCC(=O)N[C@@H](CO)CN(C)CC(C)C(C)C. The maximum atomic E-state index is 11.9. The Morgan fingerprint density at radius 2 is 1.73 bits per heavy atom. The monoisotopic (exact) mass is 314 g/mol. The van der Waals surface area contributed by atoms with Gasteiger partial charge in [0.25, 0.3) is 0 Å². The van der Waals surface area contributed by atoms with Gasteiger partial charge in [-0.05, 0) is 25.3 Å². The number of nitrogens with one attached hydrogen (secondary N) is 1. The fraction of sp³-hybridized carbons (Fsp3) is 0.944. The topological polar surface area (TPSA) is 52.6 Å². The maximum Gasteiger partial charge on any atom is 0.220 e. The van der Waals surface area contributed by atoms with E-state index in [0.29, 0.717) is 24.8 Å². The number of hydrogen-bond acceptors (Lipinski definition) is 3. The molecular formula is C18H38N2O2. The summed E-state index contributed by atoms with van der Waals surface area (Å²) in [6.45, 7) is 10.6. The van der Waals surface area contributed by atoms with Crippen molar-refractivity contribution in [3.05, 3.63) is 0 Å². The van der Waals surface area contributed by atoms with E-state index in [1.54, 1.807) is 0 Å². The highest BCUT2D eigenvalue weighted by Crippen LogP contribution is 2.11. The minimum Gasteiger partial charge on any atom is -0.394 e. The molecular weight excluding hydrogens is 276 g/mol. The highest BCUT2D eigenvalue weighted by Gasteiger charge is 2.16. The Morgan fingerprint density at radius 1 is 1.09 bits per heavy atom. The fourth-order valence-electron chi connectivity index (χ4n) is 2.49. The van der Waals surface area contributed by atoms with Crippen LogP contribution in [-0.4, -0.2) is 48.7 Å². The molecule has 0 fully saturated rings. The minimum atomic E-state index is -0.160. The van der Waals surface area contributed by atoms with Gasteiger partial charge in [-0.2, -0.15) is 0 Å². The first-order valence-corrected chi connectivity index (χ1v) is 8.99. The van der Waals surface area contributed by atoms with Gasteiger partial charge in [-0.15, -0.1) is 0 Å². The van der Waals surface area contributed by atoms with Gasteiger partial charge in [0, 0.05) is 19.5 Å². The van der Waals surface area contributed by atoms with Crippen LogP contribution in [0, 0.1) is 11.8 Å². The Balaban J connectivity index is 3.96. The summed E-state index contributed by atoms with van der Waals surface area (Å²) in [7, 11) is 2.05. The number of carbonyl (C=O) groups excluding carboxylic acids is 1. The second kappa shape index (κ2) is 12.9. The molecule has 0 aromatic heterocycles. The van der Waals surface area contributed by atoms with Crippen molar-refractivity contribution >= 4 is 5.91 Å². The molecule has 0 aliphatic rings. The van der Waals surface area contributed by atoms with Gasteiger partial charge < -0.3 is 15.3 Å². The quantitative estimate of drug-likeness (QED) is 0.514. The zero-order valence-corrected chi connectivity index (χ0v) is 15.4. The molecule has 4 nitrogen and oxygen atoms in total. The highest BCUT2D eigenvalue weighted by atomic mass is 16.3. The summed E-state index contributed by atoms with van der Waals surface area (Å²) >= 11 is 0. The summed E-state index contributed by atoms with van der Waals surface area (Å²) < 4.78 is 0. The van der Waals surface area contributed by atoms with Crippen LogP contribution in [0.15, 0.2) is 0 Å². The molecule has 0 aromatic rings. The molecule has 0 spiro atoms. The van der Waals surface area contributed by atoms with Gasteiger partial charge in [-0.1, -0.05) is 53.4 Å². The lowest BCUT2D eigenvalue weighted by atomic mass is 9.97. The third kappa shape index (κ3) is 11.0. The van der Waals surface area contributed by atoms with Gasteiger partial charge in [-0.25, -0.2) is 0 Å². The fourth-order valence-corrected chi connectivity index (χ4v) is 2.49. The van der Waals surface area contributed by atoms with Crippen molar-refractivity contribution in [1.29, 1.82) is 0 Å². The standard InChI is InChI=1S/C18H38N2O2/c1-6-7-8-9-10-11-18(22)19-17(14-21)13-20(5)12-16(4)15(2)3/h15-17,21H,6-14H2,1-5H3,(H,19,22)/t16?,17-/m1/s1. The summed E-state index contributed by atoms with van der Waals surface area (Å²) in [5.41, 5.74) is 0. The first-order valence-electron chi connectivity index (χ1n) is 8.99. The normalized spacial score (nSPS) is 14.4. The lowest BCUT2D eigenvalue weighted by Crippen LogP contribution is -2.46. The third-order valence-electron chi connectivity index (χ3n) is 4.36. The van der Waals surface area contributed by atoms with Gasteiger partial charge in [0.05, 0.1) is 12.6 Å². The van der Waals surface area contributed by atoms with Crippen LogP contribution in [0.5, 0.6) is 0 Å². The number of unbranched alkanes of at least 4 members (excludes halogenated alkanes) is 4. The van der Waals surface area contributed by atoms with Crippen LogP contribution in [0.3, 0.4) is 0 Å². The van der Waals surface area contributed by atoms with Gasteiger partial charge in [0.15, 0.2) is 0 Å². The Bertz CT molecular complexity index is 282. The number of aliphatic hydroxyl groups is 1. The third-order valence-corrected chi connectivity index (χ3v) is 4.36. The maximum absolute atomic E-state index is 11.9. The average Bonchev–Trinajstić information content (AvgIpc) is 2.45. The predicted octanol–water partition coefficient (Wildman–Crippen LogP) is 3.05. The van der Waals surface area contributed by atoms with Crippen LogP contribution in [0.4, 0.5) is 0 Å². The van der Waals surface area contributed by atoms with E-state index in [1.165, 1.54) is 19.3 Å². The number of carbonyl (C=O) groups is 1. The second-order valence-corrected chi connectivity index (χ2v) is 7.05. The minimum absolute atomic E-state index is 0.00196. The van der Waals surface area contributed by atoms with Gasteiger partial charge in [0.2, 0.25) is 5.91 Å². The van der Waals surface area contributed by atoms with Crippen LogP contribution in [0.1, 0.15) is 66.2 Å². The van der Waals surface area contributed by atoms with Crippen LogP contribution < -0.4 is 5.32 Å². The van der Waals surface area contributed by atoms with E-state index < -0.39 is 0 Å². The van der Waals surface area contributed by atoms with Crippen LogP contribution in [-0.2, 0) is 4.79 Å². The summed E-state index contributed by atoms with van der Waals surface area (Å²) in [5.74, 6) is 1.33. The average molecular weight is 315 g/mol. The molecule has 2 atom stereocenters. The summed E-state index contributed by atoms with van der Waals surface area (Å²) in [6.07, 6.45) is 6.33. The number of aliphatic hydroxyl groups excluding tert-OH is 1. The number of nitrogens with zero attached hydrogens (tertiary/aromatic N) is 1. The first-order chi connectivity index (χ1) is 10.4. The van der Waals surface area contributed by atoms with E-state index >= 15 is 0 Å². The molecule has 0 saturated carbocycles. The first kappa shape index (κ1) is 21.4. The molecule has 0 aliphatic carbocycles. The smallest absolute Gasteiger partial charge is 0.220 e. The van der Waals surface area contributed by atoms with Gasteiger partial charge >= 0.3 is 0 Å². The molecule has 0 radical (unpaired) electrons. The molecule has 4 heteroatoms. The van der Waals surface area contributed by atoms with Gasteiger partial charge in [-0.3, -0.25) is 4.79 Å². The number of rotatable bonds is 13. The second-order valence-electron chi connectivity index (χ2n) is 7.05. The largest absolute Gasteiger partial charge is 0.394 e. The molecule has 22 heavy (non-hydrogen) atoms. The van der Waals surface area contributed by atoms with Crippen molar-refractivity contribution < 1.29 is 9.90 Å². The summed E-state index contributed by atoms with van der Waals surface area (Å²) in [4.78, 5) is 14.1. The Kier molecular flexibility index (Phi) is 12.5. The zero-order valence-electron chi connectivity index (χ0n) is 15.4. The Hall–Kier alpha value is -0.610. The van der Waals surface area contributed by atoms with Crippen molar-refractivity contribution in [3.63, 3.8) is 0 Å². The molecule has 1 amide bonds. The van der Waals surface area contributed by atoms with Crippen molar-refractivity contribution in [2.24, 2.45) is 11.8 Å². The molecule has 0 aromatic carbocycles. The van der Waals surface area contributed by atoms with E-state index in [1.807, 2.05) is 0 Å². The number of hydrogen-bond donors (Lipinski definition) is 2. The molecule has 0 heterocycles. The van der Waals surface area contributed by atoms with E-state index in [0.717, 1.165) is 19.4 Å². The number of likely N-dealkylation sites (N-methyl/N-ethyl adjacent to an activating group) is 1. The predicted molar refractivity (Wildman–Crippen MR) is 93.9 cm³/mol. The molecule has 132 valence electrons. The van der Waals surface area contributed by atoms with Crippen molar-refractivity contribution in [3.8, 4) is 0 Å². The molecule has 1 unspecified atom stereocenters. The van der Waals surface area contributed by atoms with E-state index in [4.69, 9.17) is 0 Å². The van der Waals surface area contributed by atoms with Crippen LogP contribution in [0.2, 0.25) is 0 Å². The van der Waals surface area contributed by atoms with Crippen molar-refractivity contribution in [2.45, 2.75) is 72.3 Å². The number of amides is 1. The van der Waals surface area contributed by atoms with E-state index in [-0.39, 0.29) is 18.6 Å². The molecule has 2 N–H and O–H groups in total. The molecule has 0 aliphatic heterocycles. The lowest BCUT2D eigenvalue weighted by molar-refractivity contribution is -0.122. The lowest BCUT2D eigenvalue weighted by Gasteiger charge is -2.27. The molecule has 0 rings (SSSR count). The van der Waals surface area contributed by atoms with E-state index in [9.17, 15) is 9.90 Å². The van der Waals surface area contributed by atoms with Crippen molar-refractivity contribution in [2.75, 3.05) is 26.7 Å². The van der Waals surface area contributed by atoms with Crippen molar-refractivity contribution in [1.82, 2.24) is 10.2 Å². The van der Waals surface area contributed by atoms with Gasteiger partial charge in [0.1, 0.15) is 0 Å². The van der Waals surface area contributed by atoms with Crippen LogP contribution in [0.25, 0.3) is 0 Å². The van der Waals surface area contributed by atoms with E-state index in [2.05, 4.69) is 45.0 Å². The summed E-state index contributed by atoms with van der Waals surface area (Å²) in [5, 5.41) is 12.4. The van der Waals surface area contributed by atoms with Crippen LogP contribution >= 0.6 is 0 Å². The molecule has 0 saturated heterocycles.